The summed E-state index contributed by atoms with van der Waals surface area (Å²) in [6, 6.07) is 5.69. The molecular weight excluding hydrogens is 189 g/mol. The van der Waals surface area contributed by atoms with Crippen molar-refractivity contribution in [1.82, 2.24) is 4.48 Å². The first kappa shape index (κ1) is 10.1. The summed E-state index contributed by atoms with van der Waals surface area (Å²) in [5.41, 5.74) is 2.35. The zero-order chi connectivity index (χ0) is 11.0. The van der Waals surface area contributed by atoms with Gasteiger partial charge in [0, 0.05) is 0 Å². The summed E-state index contributed by atoms with van der Waals surface area (Å²) in [5.74, 6) is -0.0628. The first-order valence-corrected chi connectivity index (χ1v) is 5.04. The zero-order valence-electron chi connectivity index (χ0n) is 8.86. The molecule has 1 atom stereocenters. The van der Waals surface area contributed by atoms with E-state index in [0.717, 1.165) is 10.9 Å². The number of aromatic nitrogens is 1. The van der Waals surface area contributed by atoms with Crippen LogP contribution in [0.4, 0.5) is 0 Å². The van der Waals surface area contributed by atoms with Crippen LogP contribution >= 0.6 is 0 Å². The molecule has 0 bridgehead atoms. The second-order valence-electron chi connectivity index (χ2n) is 3.77. The largest absolute Gasteiger partial charge is 0.409 e. The normalized spacial score (nSPS) is 13.2. The molecule has 15 heavy (non-hydrogen) atoms. The lowest BCUT2D eigenvalue weighted by molar-refractivity contribution is 0.547. The molecule has 0 aliphatic heterocycles. The number of hydrogen-bond donors (Lipinski definition) is 0. The van der Waals surface area contributed by atoms with Crippen LogP contribution in [-0.2, 0) is 0 Å². The Balaban J connectivity index is 2.62. The molecule has 0 fully saturated rings. The molecule has 0 saturated carbocycles. The lowest BCUT2D eigenvalue weighted by atomic mass is 9.98. The summed E-state index contributed by atoms with van der Waals surface area (Å²) >= 11 is 0. The number of hydrogen-bond acceptors (Lipinski definition) is 2. The Bertz CT molecular complexity index is 541. The van der Waals surface area contributed by atoms with Crippen molar-refractivity contribution in [1.29, 1.82) is 0 Å². The summed E-state index contributed by atoms with van der Waals surface area (Å²) in [6.07, 6.45) is 1.05. The summed E-state index contributed by atoms with van der Waals surface area (Å²) in [5, 5.41) is 0. The lowest BCUT2D eigenvalue weighted by Gasteiger charge is -2.07. The second-order valence-corrected chi connectivity index (χ2v) is 3.77. The first-order chi connectivity index (χ1) is 7.13. The van der Waals surface area contributed by atoms with E-state index in [0.29, 0.717) is 17.0 Å². The third-order valence-corrected chi connectivity index (χ3v) is 2.82. The molecule has 4 heteroatoms. The van der Waals surface area contributed by atoms with Gasteiger partial charge < -0.3 is 8.90 Å². The van der Waals surface area contributed by atoms with Gasteiger partial charge in [-0.05, 0) is 30.0 Å². The third-order valence-electron chi connectivity index (χ3n) is 2.82. The van der Waals surface area contributed by atoms with Gasteiger partial charge >= 0.3 is 5.76 Å². The molecule has 0 aliphatic rings. The molecule has 0 amide bonds. The van der Waals surface area contributed by atoms with Crippen LogP contribution in [0.25, 0.3) is 11.1 Å². The minimum absolute atomic E-state index is 0.459. The molecule has 1 aromatic heterocycles. The molecule has 0 saturated heterocycles. The van der Waals surface area contributed by atoms with E-state index in [9.17, 15) is 4.79 Å². The van der Waals surface area contributed by atoms with Gasteiger partial charge in [-0.1, -0.05) is 19.9 Å². The zero-order valence-corrected chi connectivity index (χ0v) is 8.86. The molecule has 1 aromatic carbocycles. The van der Waals surface area contributed by atoms with Gasteiger partial charge in [0.2, 0.25) is 7.98 Å². The molecule has 0 aliphatic carbocycles. The molecule has 76 valence electrons. The number of fused-ring (bicyclic) bond motifs is 1. The second kappa shape index (κ2) is 3.61. The van der Waals surface area contributed by atoms with Gasteiger partial charge in [-0.3, -0.25) is 0 Å². The van der Waals surface area contributed by atoms with E-state index < -0.39 is 5.76 Å². The Morgan fingerprint density at radius 3 is 2.93 bits per heavy atom. The van der Waals surface area contributed by atoms with Gasteiger partial charge in [0.05, 0.1) is 5.52 Å². The summed E-state index contributed by atoms with van der Waals surface area (Å²) in [6.45, 7) is 4.26. The van der Waals surface area contributed by atoms with Gasteiger partial charge in [0.1, 0.15) is 0 Å². The van der Waals surface area contributed by atoms with E-state index in [1.54, 1.807) is 0 Å². The van der Waals surface area contributed by atoms with Crippen molar-refractivity contribution in [2.45, 2.75) is 26.2 Å². The Labute approximate surface area is 89.1 Å². The van der Waals surface area contributed by atoms with Crippen molar-refractivity contribution >= 4 is 19.1 Å². The maximum atomic E-state index is 11.2. The maximum Gasteiger partial charge on any atom is 0.406 e. The van der Waals surface area contributed by atoms with E-state index in [2.05, 4.69) is 13.8 Å². The van der Waals surface area contributed by atoms with E-state index in [-0.39, 0.29) is 0 Å². The highest BCUT2D eigenvalue weighted by Gasteiger charge is 2.08. The Morgan fingerprint density at radius 2 is 2.27 bits per heavy atom. The van der Waals surface area contributed by atoms with E-state index in [1.807, 2.05) is 18.2 Å². The van der Waals surface area contributed by atoms with Crippen LogP contribution in [0.2, 0.25) is 0 Å². The van der Waals surface area contributed by atoms with Gasteiger partial charge in [-0.15, -0.1) is 0 Å². The van der Waals surface area contributed by atoms with Crippen molar-refractivity contribution in [3.8, 4) is 0 Å². The van der Waals surface area contributed by atoms with Crippen LogP contribution in [0, 0.1) is 0 Å². The van der Waals surface area contributed by atoms with Crippen molar-refractivity contribution in [2.75, 3.05) is 0 Å². The highest BCUT2D eigenvalue weighted by Crippen LogP contribution is 2.22. The number of oxazole rings is 1. The van der Waals surface area contributed by atoms with Crippen LogP contribution < -0.4 is 5.76 Å². The topological polar surface area (TPSA) is 35.1 Å². The van der Waals surface area contributed by atoms with Crippen molar-refractivity contribution in [3.05, 3.63) is 34.3 Å². The number of nitrogens with zero attached hydrogens (tertiary/aromatic N) is 1. The molecule has 0 N–H and O–H groups in total. The quantitative estimate of drug-likeness (QED) is 0.696. The smallest absolute Gasteiger partial charge is 0.406 e. The van der Waals surface area contributed by atoms with Crippen LogP contribution in [-0.4, -0.2) is 12.5 Å². The van der Waals surface area contributed by atoms with E-state index in [4.69, 9.17) is 12.4 Å². The van der Waals surface area contributed by atoms with Crippen LogP contribution in [0.3, 0.4) is 0 Å². The first-order valence-electron chi connectivity index (χ1n) is 5.04. The molecule has 1 heterocycles. The molecular formula is C11H12BNO2. The third kappa shape index (κ3) is 1.60. The molecule has 0 spiro atoms. The molecule has 2 rings (SSSR count). The maximum absolute atomic E-state index is 11.2. The fourth-order valence-corrected chi connectivity index (χ4v) is 1.60. The molecule has 2 aromatic rings. The lowest BCUT2D eigenvalue weighted by Crippen LogP contribution is -2.10. The molecule has 2 radical (unpaired) electrons. The van der Waals surface area contributed by atoms with E-state index >= 15 is 0 Å². The van der Waals surface area contributed by atoms with Gasteiger partial charge in [-0.2, -0.15) is 0 Å². The average Bonchev–Trinajstić information content (AvgIpc) is 2.53. The van der Waals surface area contributed by atoms with E-state index in [1.165, 1.54) is 5.56 Å². The van der Waals surface area contributed by atoms with Crippen LogP contribution in [0.15, 0.2) is 27.4 Å². The van der Waals surface area contributed by atoms with Gasteiger partial charge in [0.25, 0.3) is 0 Å². The predicted octanol–water partition coefficient (Wildman–Crippen LogP) is 2.04. The Hall–Kier alpha value is -1.45. The monoisotopic (exact) mass is 201 g/mol. The van der Waals surface area contributed by atoms with Gasteiger partial charge in [-0.25, -0.2) is 4.79 Å². The highest BCUT2D eigenvalue weighted by molar-refractivity contribution is 6.10. The van der Waals surface area contributed by atoms with Crippen molar-refractivity contribution < 1.29 is 4.42 Å². The number of benzene rings is 1. The summed E-state index contributed by atoms with van der Waals surface area (Å²) in [4.78, 5) is 11.2. The molecule has 1 unspecified atom stereocenters. The van der Waals surface area contributed by atoms with Gasteiger partial charge in [0.15, 0.2) is 5.58 Å². The minimum atomic E-state index is -0.522. The minimum Gasteiger partial charge on any atom is -0.409 e. The summed E-state index contributed by atoms with van der Waals surface area (Å²) < 4.78 is 6.04. The Kier molecular flexibility index (Phi) is 2.43. The highest BCUT2D eigenvalue weighted by atomic mass is 16.4. The fraction of sp³-hybridized carbons (Fsp3) is 0.364. The SMILES string of the molecule is [B]n1c(=O)oc2cc(C(C)CC)ccc21. The van der Waals surface area contributed by atoms with Crippen LogP contribution in [0.5, 0.6) is 0 Å². The Morgan fingerprint density at radius 1 is 1.53 bits per heavy atom. The van der Waals surface area contributed by atoms with Crippen molar-refractivity contribution in [2.24, 2.45) is 0 Å². The summed E-state index contributed by atoms with van der Waals surface area (Å²) in [7, 11) is 5.51. The molecule has 3 nitrogen and oxygen atoms in total. The van der Waals surface area contributed by atoms with Crippen LogP contribution in [0.1, 0.15) is 31.7 Å². The average molecular weight is 201 g/mol. The fourth-order valence-electron chi connectivity index (χ4n) is 1.60. The predicted molar refractivity (Wildman–Crippen MR) is 60.3 cm³/mol. The van der Waals surface area contributed by atoms with Crippen molar-refractivity contribution in [3.63, 3.8) is 0 Å². The standard InChI is InChI=1S/C11H12BNO2/c1-3-7(2)8-4-5-9-10(6-8)15-11(14)13(9)12/h4-7H,3H2,1-2H3. The number of rotatable bonds is 2.